The zero-order valence-electron chi connectivity index (χ0n) is 21.4. The molecule has 4 rings (SSSR count). The fourth-order valence-electron chi connectivity index (χ4n) is 4.67. The van der Waals surface area contributed by atoms with Crippen LogP contribution in [0.2, 0.25) is 0 Å². The Morgan fingerprint density at radius 1 is 1.05 bits per heavy atom. The van der Waals surface area contributed by atoms with Crippen molar-refractivity contribution in [2.75, 3.05) is 32.0 Å². The minimum atomic E-state index is -1.47. The zero-order chi connectivity index (χ0) is 27.2. The van der Waals surface area contributed by atoms with E-state index in [2.05, 4.69) is 41.5 Å². The standard InChI is InChI=1S/C23H35N9O6/c1-3-25-20(35)16-14(33)15(34)22(38-16)32-11-28-13-17(24-2)30-18(31-19(13)32)21(36)26-9-10-27-23(37)29-12-7-5-4-6-8-12/h11-12,14-16,22,33-34H,3-10H2,1-2H3,(H,25,35)(H,26,36)(H,24,30,31)(H2,27,29,37)/t14-,15+,16-,22+/m0/s1. The number of rotatable bonds is 9. The summed E-state index contributed by atoms with van der Waals surface area (Å²) in [6.45, 7) is 2.42. The number of fused-ring (bicyclic) bond motifs is 1. The van der Waals surface area contributed by atoms with Crippen molar-refractivity contribution in [1.29, 1.82) is 0 Å². The molecule has 15 nitrogen and oxygen atoms in total. The number of amides is 4. The van der Waals surface area contributed by atoms with Crippen molar-refractivity contribution < 1.29 is 29.3 Å². The van der Waals surface area contributed by atoms with Crippen LogP contribution in [-0.4, -0.2) is 98.6 Å². The largest absolute Gasteiger partial charge is 0.387 e. The lowest BCUT2D eigenvalue weighted by Crippen LogP contribution is -2.45. The molecule has 0 spiro atoms. The molecule has 2 aromatic heterocycles. The van der Waals surface area contributed by atoms with E-state index in [1.165, 1.54) is 17.3 Å². The molecule has 4 atom stereocenters. The van der Waals surface area contributed by atoms with Crippen LogP contribution in [0.4, 0.5) is 10.6 Å². The average Bonchev–Trinajstić information content (AvgIpc) is 3.47. The van der Waals surface area contributed by atoms with Gasteiger partial charge >= 0.3 is 6.03 Å². The van der Waals surface area contributed by atoms with Gasteiger partial charge in [-0.25, -0.2) is 19.7 Å². The Morgan fingerprint density at radius 2 is 1.79 bits per heavy atom. The molecular weight excluding hydrogens is 498 g/mol. The van der Waals surface area contributed by atoms with E-state index in [1.54, 1.807) is 14.0 Å². The zero-order valence-corrected chi connectivity index (χ0v) is 21.4. The molecule has 1 aliphatic carbocycles. The molecule has 0 unspecified atom stereocenters. The number of hydrogen-bond donors (Lipinski definition) is 7. The molecule has 1 saturated carbocycles. The van der Waals surface area contributed by atoms with Crippen LogP contribution in [0.25, 0.3) is 11.2 Å². The van der Waals surface area contributed by atoms with Gasteiger partial charge in [0.25, 0.3) is 11.8 Å². The Balaban J connectivity index is 1.42. The van der Waals surface area contributed by atoms with Crippen molar-refractivity contribution in [2.45, 2.75) is 69.6 Å². The molecule has 2 fully saturated rings. The summed E-state index contributed by atoms with van der Waals surface area (Å²) < 4.78 is 7.01. The van der Waals surface area contributed by atoms with Gasteiger partial charge in [-0.1, -0.05) is 19.3 Å². The molecule has 1 aliphatic heterocycles. The van der Waals surface area contributed by atoms with E-state index in [1.807, 2.05) is 0 Å². The maximum atomic E-state index is 12.8. The van der Waals surface area contributed by atoms with Gasteiger partial charge < -0.3 is 41.5 Å². The second-order valence-electron chi connectivity index (χ2n) is 9.28. The normalized spacial score (nSPS) is 23.7. The van der Waals surface area contributed by atoms with E-state index in [4.69, 9.17) is 4.74 Å². The highest BCUT2D eigenvalue weighted by Crippen LogP contribution is 2.32. The molecule has 3 heterocycles. The highest BCUT2D eigenvalue weighted by Gasteiger charge is 2.47. The lowest BCUT2D eigenvalue weighted by atomic mass is 9.96. The van der Waals surface area contributed by atoms with Gasteiger partial charge in [0.05, 0.1) is 6.33 Å². The number of ether oxygens (including phenoxy) is 1. The van der Waals surface area contributed by atoms with Crippen molar-refractivity contribution in [2.24, 2.45) is 0 Å². The van der Waals surface area contributed by atoms with Crippen molar-refractivity contribution in [1.82, 2.24) is 40.8 Å². The van der Waals surface area contributed by atoms with Crippen molar-refractivity contribution in [3.63, 3.8) is 0 Å². The molecule has 2 aromatic rings. The summed E-state index contributed by atoms with van der Waals surface area (Å²) in [7, 11) is 1.60. The third-order valence-electron chi connectivity index (χ3n) is 6.62. The molecule has 0 radical (unpaired) electrons. The quantitative estimate of drug-likeness (QED) is 0.195. The van der Waals surface area contributed by atoms with Crippen LogP contribution in [0, 0.1) is 0 Å². The Kier molecular flexibility index (Phi) is 8.91. The number of hydrogen-bond acceptors (Lipinski definition) is 10. The van der Waals surface area contributed by atoms with Gasteiger partial charge in [-0.2, -0.15) is 0 Å². The molecule has 0 aromatic carbocycles. The predicted octanol–water partition coefficient (Wildman–Crippen LogP) is -1.01. The minimum absolute atomic E-state index is 0.150. The molecule has 208 valence electrons. The molecule has 7 N–H and O–H groups in total. The average molecular weight is 534 g/mol. The van der Waals surface area contributed by atoms with Crippen LogP contribution in [0.15, 0.2) is 6.33 Å². The van der Waals surface area contributed by atoms with Crippen LogP contribution >= 0.6 is 0 Å². The number of urea groups is 1. The third-order valence-corrected chi connectivity index (χ3v) is 6.62. The Labute approximate surface area is 219 Å². The highest BCUT2D eigenvalue weighted by atomic mass is 16.6. The number of anilines is 1. The van der Waals surface area contributed by atoms with E-state index < -0.39 is 36.4 Å². The predicted molar refractivity (Wildman–Crippen MR) is 135 cm³/mol. The summed E-state index contributed by atoms with van der Waals surface area (Å²) in [4.78, 5) is 49.9. The summed E-state index contributed by atoms with van der Waals surface area (Å²) in [6, 6.07) is -0.0866. The number of nitrogens with zero attached hydrogens (tertiary/aromatic N) is 4. The number of carbonyl (C=O) groups is 3. The van der Waals surface area contributed by atoms with Gasteiger partial charge in [-0.15, -0.1) is 0 Å². The lowest BCUT2D eigenvalue weighted by Gasteiger charge is -2.22. The highest BCUT2D eigenvalue weighted by molar-refractivity contribution is 5.94. The molecular formula is C23H35N9O6. The van der Waals surface area contributed by atoms with E-state index in [-0.39, 0.29) is 42.5 Å². The van der Waals surface area contributed by atoms with E-state index in [9.17, 15) is 24.6 Å². The first kappa shape index (κ1) is 27.5. The summed E-state index contributed by atoms with van der Waals surface area (Å²) in [5.41, 5.74) is 0.462. The molecule has 2 aliphatic rings. The Hall–Kier alpha value is -3.56. The topological polar surface area (TPSA) is 205 Å². The van der Waals surface area contributed by atoms with Crippen LogP contribution in [0.5, 0.6) is 0 Å². The van der Waals surface area contributed by atoms with Crippen LogP contribution in [0.3, 0.4) is 0 Å². The van der Waals surface area contributed by atoms with Crippen molar-refractivity contribution >= 4 is 34.8 Å². The van der Waals surface area contributed by atoms with Gasteiger partial charge in [0.2, 0.25) is 5.82 Å². The second-order valence-corrected chi connectivity index (χ2v) is 9.28. The fraction of sp³-hybridized carbons (Fsp3) is 0.652. The van der Waals surface area contributed by atoms with Gasteiger partial charge in [-0.3, -0.25) is 14.2 Å². The number of likely N-dealkylation sites (N-methyl/N-ethyl adjacent to an activating group) is 1. The first-order chi connectivity index (χ1) is 18.3. The number of nitrogens with one attached hydrogen (secondary N) is 5. The first-order valence-corrected chi connectivity index (χ1v) is 12.9. The molecule has 15 heteroatoms. The maximum Gasteiger partial charge on any atom is 0.315 e. The van der Waals surface area contributed by atoms with Gasteiger partial charge in [-0.05, 0) is 19.8 Å². The molecule has 4 amide bonds. The van der Waals surface area contributed by atoms with Crippen LogP contribution in [0.1, 0.15) is 55.9 Å². The van der Waals surface area contributed by atoms with E-state index in [0.29, 0.717) is 12.1 Å². The summed E-state index contributed by atoms with van der Waals surface area (Å²) in [5, 5.41) is 34.7. The van der Waals surface area contributed by atoms with Gasteiger partial charge in [0.1, 0.15) is 12.2 Å². The van der Waals surface area contributed by atoms with E-state index >= 15 is 0 Å². The molecule has 0 bridgehead atoms. The van der Waals surface area contributed by atoms with E-state index in [0.717, 1.165) is 25.7 Å². The number of carbonyl (C=O) groups excluding carboxylic acids is 3. The molecule has 38 heavy (non-hydrogen) atoms. The summed E-state index contributed by atoms with van der Waals surface area (Å²) in [5.74, 6) is -1.06. The van der Waals surface area contributed by atoms with Gasteiger partial charge in [0, 0.05) is 32.7 Å². The van der Waals surface area contributed by atoms with Gasteiger partial charge in [0.15, 0.2) is 29.3 Å². The third kappa shape index (κ3) is 5.95. The molecule has 1 saturated heterocycles. The number of aliphatic hydroxyl groups excluding tert-OH is 2. The summed E-state index contributed by atoms with van der Waals surface area (Å²) in [6.07, 6.45) is 1.32. The lowest BCUT2D eigenvalue weighted by molar-refractivity contribution is -0.137. The van der Waals surface area contributed by atoms with Crippen molar-refractivity contribution in [3.05, 3.63) is 12.2 Å². The maximum absolute atomic E-state index is 12.8. The van der Waals surface area contributed by atoms with Crippen molar-refractivity contribution in [3.8, 4) is 0 Å². The summed E-state index contributed by atoms with van der Waals surface area (Å²) >= 11 is 0. The number of aromatic nitrogens is 4. The fourth-order valence-corrected chi connectivity index (χ4v) is 4.67. The Morgan fingerprint density at radius 3 is 2.50 bits per heavy atom. The Bertz CT molecular complexity index is 1150. The minimum Gasteiger partial charge on any atom is -0.387 e. The second kappa shape index (κ2) is 12.3. The number of imidazole rings is 1. The smallest absolute Gasteiger partial charge is 0.315 e. The van der Waals surface area contributed by atoms with Crippen LogP contribution < -0.4 is 26.6 Å². The SMILES string of the molecule is CCNC(=O)[C@H]1O[C@@H](n2cnc3c(NC)nc(C(=O)NCCNC(=O)NC4CCCCC4)nc32)[C@H](O)[C@@H]1O. The first-order valence-electron chi connectivity index (χ1n) is 12.9. The monoisotopic (exact) mass is 533 g/mol. The number of aliphatic hydroxyl groups is 2. The van der Waals surface area contributed by atoms with Crippen LogP contribution in [-0.2, 0) is 9.53 Å².